The Kier molecular flexibility index (Phi) is 12.5. The summed E-state index contributed by atoms with van der Waals surface area (Å²) in [4.78, 5) is 54.6. The fourth-order valence-corrected chi connectivity index (χ4v) is 9.41. The van der Waals surface area contributed by atoms with Crippen molar-refractivity contribution in [3.8, 4) is 22.2 Å². The number of allylic oxidation sites excluding steroid dienone is 1. The molecular weight excluding hydrogens is 810 g/mol. The predicted octanol–water partition coefficient (Wildman–Crippen LogP) is 6.08. The lowest BCUT2D eigenvalue weighted by Crippen LogP contribution is -2.58. The van der Waals surface area contributed by atoms with Gasteiger partial charge in [-0.15, -0.1) is 11.3 Å². The minimum Gasteiger partial charge on any atom is -0.496 e. The molecule has 1 aliphatic carbocycles. The molecule has 2 fully saturated rings. The Bertz CT molecular complexity index is 2410. The average Bonchev–Trinajstić information content (AvgIpc) is 3.49. The van der Waals surface area contributed by atoms with E-state index < -0.39 is 57.5 Å². The molecule has 0 bridgehead atoms. The molecule has 2 aromatic carbocycles. The number of aryl methyl sites for hydroxylation is 1. The van der Waals surface area contributed by atoms with Crippen LogP contribution in [0.5, 0.6) is 11.5 Å². The number of anilines is 1. The maximum Gasteiger partial charge on any atom is 0.303 e. The number of thiazole rings is 1. The van der Waals surface area contributed by atoms with Gasteiger partial charge in [0.2, 0.25) is 11.8 Å². The Morgan fingerprint density at radius 2 is 1.85 bits per heavy atom. The second kappa shape index (κ2) is 17.5. The molecule has 1 saturated carbocycles. The van der Waals surface area contributed by atoms with Crippen LogP contribution in [0.3, 0.4) is 0 Å². The highest BCUT2D eigenvalue weighted by molar-refractivity contribution is 7.87. The third kappa shape index (κ3) is 8.98. The third-order valence-corrected chi connectivity index (χ3v) is 13.8. The number of amides is 3. The Balaban J connectivity index is 1.26. The van der Waals surface area contributed by atoms with Crippen LogP contribution < -0.4 is 24.8 Å². The van der Waals surface area contributed by atoms with E-state index in [0.29, 0.717) is 58.1 Å². The van der Waals surface area contributed by atoms with Crippen molar-refractivity contribution < 1.29 is 36.7 Å². The lowest BCUT2D eigenvalue weighted by Gasteiger charge is -2.30. The van der Waals surface area contributed by atoms with Crippen LogP contribution in [0.4, 0.5) is 10.1 Å². The van der Waals surface area contributed by atoms with Crippen LogP contribution in [0.2, 0.25) is 0 Å². The zero-order valence-electron chi connectivity index (χ0n) is 34.7. The van der Waals surface area contributed by atoms with Crippen LogP contribution in [-0.2, 0) is 24.6 Å². The number of carbonyl (C=O) groups is 3. The number of methoxy groups -OCH3 is 1. The molecule has 320 valence electrons. The van der Waals surface area contributed by atoms with E-state index in [4.69, 9.17) is 19.4 Å². The highest BCUT2D eigenvalue weighted by Gasteiger charge is 2.61. The third-order valence-electron chi connectivity index (χ3n) is 11.5. The average molecular weight is 862 g/mol. The fraction of sp³-hybridized carbons (Fsp3) is 0.465. The standard InChI is InChI=1S/C43H52FN7O7S2/c1-25(2)34-24-59-40(47-34)33-21-37(31-18-19-36(57-6)26(3)38(31)46-33)58-30-20-35-39(52)48-43(42(54)49-60(55,56)50(4)5)22-27(43)12-10-8-7-9-11-13-32(41(53)51(35)23-30)45-29-16-14-28(44)15-17-29/h10,12,14-19,21,24-25,27,30,32,35,45H,7-9,11,13,20,22-23H2,1-6H3,(H,48,52)(H,49,54)/t27-,30-,32+,35+,43-/m1/s1. The number of hydrogen-bond acceptors (Lipinski definition) is 11. The van der Waals surface area contributed by atoms with Gasteiger partial charge in [0.25, 0.3) is 5.91 Å². The van der Waals surface area contributed by atoms with Crippen molar-refractivity contribution in [2.24, 2.45) is 5.92 Å². The smallest absolute Gasteiger partial charge is 0.303 e. The van der Waals surface area contributed by atoms with E-state index in [1.165, 1.54) is 42.5 Å². The molecule has 3 amide bonds. The summed E-state index contributed by atoms with van der Waals surface area (Å²) < 4.78 is 55.0. The van der Waals surface area contributed by atoms with E-state index >= 15 is 0 Å². The largest absolute Gasteiger partial charge is 0.496 e. The van der Waals surface area contributed by atoms with Gasteiger partial charge < -0.3 is 25.0 Å². The first-order valence-corrected chi connectivity index (χ1v) is 22.6. The van der Waals surface area contributed by atoms with Gasteiger partial charge in [-0.3, -0.25) is 14.4 Å². The normalized spacial score (nSPS) is 23.7. The molecule has 3 aliphatic rings. The molecular formula is C43H52FN7O7S2. The van der Waals surface area contributed by atoms with E-state index in [2.05, 4.69) is 29.2 Å². The minimum absolute atomic E-state index is 0.0269. The van der Waals surface area contributed by atoms with Crippen LogP contribution >= 0.6 is 11.3 Å². The zero-order chi connectivity index (χ0) is 42.9. The Morgan fingerprint density at radius 1 is 1.08 bits per heavy atom. The SMILES string of the molecule is COc1ccc2c(O[C@@H]3C[C@H]4C(=O)N[C@]5(C(=O)NS(=O)(=O)N(C)C)C[C@H]5C=CCCCCC[C@H](Nc5ccc(F)cc5)C(=O)N4C3)cc(-c3nc(C(C)C)cs3)nc2c1C. The van der Waals surface area contributed by atoms with E-state index in [-0.39, 0.29) is 31.2 Å². The summed E-state index contributed by atoms with van der Waals surface area (Å²) in [6.45, 7) is 6.09. The Hall–Kier alpha value is -5.13. The Labute approximate surface area is 354 Å². The number of carbonyl (C=O) groups excluding carboxylic acids is 3. The number of pyridine rings is 1. The summed E-state index contributed by atoms with van der Waals surface area (Å²) in [5, 5.41) is 9.63. The summed E-state index contributed by atoms with van der Waals surface area (Å²) in [6, 6.07) is 9.44. The maximum atomic E-state index is 14.8. The van der Waals surface area contributed by atoms with Gasteiger partial charge in [0, 0.05) is 54.5 Å². The summed E-state index contributed by atoms with van der Waals surface area (Å²) in [7, 11) is 0.0258. The van der Waals surface area contributed by atoms with Crippen molar-refractivity contribution in [2.75, 3.05) is 33.1 Å². The first-order chi connectivity index (χ1) is 28.6. The van der Waals surface area contributed by atoms with Crippen molar-refractivity contribution >= 4 is 55.9 Å². The molecule has 0 unspecified atom stereocenters. The molecule has 4 aromatic rings. The van der Waals surface area contributed by atoms with Crippen LogP contribution in [-0.4, -0.2) is 96.8 Å². The summed E-state index contributed by atoms with van der Waals surface area (Å²) in [5.74, 6) is -1.34. The van der Waals surface area contributed by atoms with Gasteiger partial charge in [-0.05, 0) is 74.9 Å². The lowest BCUT2D eigenvalue weighted by molar-refractivity contribution is -0.140. The van der Waals surface area contributed by atoms with Crippen molar-refractivity contribution in [1.29, 1.82) is 0 Å². The van der Waals surface area contributed by atoms with E-state index in [1.807, 2.05) is 42.7 Å². The number of aromatic nitrogens is 2. The first-order valence-electron chi connectivity index (χ1n) is 20.3. The number of nitrogens with one attached hydrogen (secondary N) is 3. The number of rotatable bonds is 10. The summed E-state index contributed by atoms with van der Waals surface area (Å²) >= 11 is 1.48. The van der Waals surface area contributed by atoms with Gasteiger partial charge in [-0.1, -0.05) is 38.8 Å². The second-order valence-corrected chi connectivity index (χ2v) is 19.0. The van der Waals surface area contributed by atoms with E-state index in [0.717, 1.165) is 28.4 Å². The van der Waals surface area contributed by atoms with Gasteiger partial charge in [-0.25, -0.2) is 19.1 Å². The van der Waals surface area contributed by atoms with Crippen molar-refractivity contribution in [3.05, 3.63) is 77.1 Å². The molecule has 60 heavy (non-hydrogen) atoms. The van der Waals surface area contributed by atoms with Crippen LogP contribution in [0.1, 0.15) is 76.0 Å². The van der Waals surface area contributed by atoms with E-state index in [1.54, 1.807) is 19.2 Å². The molecule has 7 rings (SSSR count). The highest BCUT2D eigenvalue weighted by Crippen LogP contribution is 2.46. The first kappa shape index (κ1) is 43.0. The quantitative estimate of drug-likeness (QED) is 0.159. The molecule has 14 nitrogen and oxygen atoms in total. The second-order valence-electron chi connectivity index (χ2n) is 16.3. The van der Waals surface area contributed by atoms with Gasteiger partial charge in [0.1, 0.15) is 51.7 Å². The number of nitrogens with zero attached hydrogens (tertiary/aromatic N) is 4. The van der Waals surface area contributed by atoms with Gasteiger partial charge in [-0.2, -0.15) is 12.7 Å². The predicted molar refractivity (Wildman–Crippen MR) is 229 cm³/mol. The monoisotopic (exact) mass is 861 g/mol. The van der Waals surface area contributed by atoms with Crippen LogP contribution in [0.15, 0.2) is 60.0 Å². The maximum absolute atomic E-state index is 14.8. The number of ether oxygens (including phenoxy) is 2. The molecule has 5 atom stereocenters. The van der Waals surface area contributed by atoms with Crippen LogP contribution in [0.25, 0.3) is 21.6 Å². The number of halogens is 1. The van der Waals surface area contributed by atoms with Crippen molar-refractivity contribution in [3.63, 3.8) is 0 Å². The van der Waals surface area contributed by atoms with Crippen LogP contribution in [0, 0.1) is 18.7 Å². The van der Waals surface area contributed by atoms with Gasteiger partial charge >= 0.3 is 10.2 Å². The minimum atomic E-state index is -4.18. The molecule has 0 spiro atoms. The topological polar surface area (TPSA) is 172 Å². The van der Waals surface area contributed by atoms with Crippen molar-refractivity contribution in [1.82, 2.24) is 29.2 Å². The number of hydrogen-bond donors (Lipinski definition) is 3. The zero-order valence-corrected chi connectivity index (χ0v) is 36.3. The molecule has 0 radical (unpaired) electrons. The van der Waals surface area contributed by atoms with Crippen molar-refractivity contribution in [2.45, 2.75) is 95.4 Å². The molecule has 2 aliphatic heterocycles. The molecule has 2 aromatic heterocycles. The lowest BCUT2D eigenvalue weighted by atomic mass is 10.0. The fourth-order valence-electron chi connectivity index (χ4n) is 7.87. The molecule has 17 heteroatoms. The Morgan fingerprint density at radius 3 is 2.55 bits per heavy atom. The van der Waals surface area contributed by atoms with Gasteiger partial charge in [0.05, 0.1) is 24.9 Å². The number of benzene rings is 2. The van der Waals surface area contributed by atoms with Gasteiger partial charge in [0.15, 0.2) is 0 Å². The summed E-state index contributed by atoms with van der Waals surface area (Å²) in [6.07, 6.45) is 6.85. The summed E-state index contributed by atoms with van der Waals surface area (Å²) in [5.41, 5.74) is 2.00. The molecule has 4 heterocycles. The molecule has 3 N–H and O–H groups in total. The highest BCUT2D eigenvalue weighted by atomic mass is 32.2. The van der Waals surface area contributed by atoms with E-state index in [9.17, 15) is 27.2 Å². The number of fused-ring (bicyclic) bond motifs is 3. The molecule has 1 saturated heterocycles.